The van der Waals surface area contributed by atoms with Crippen LogP contribution in [0.2, 0.25) is 0 Å². The Labute approximate surface area is 173 Å². The fraction of sp³-hybridized carbons (Fsp3) is 0.320. The molecule has 0 spiro atoms. The molecule has 1 heterocycles. The maximum atomic E-state index is 9.49. The summed E-state index contributed by atoms with van der Waals surface area (Å²) in [5.41, 5.74) is 5.71. The maximum absolute atomic E-state index is 9.49. The molecule has 1 atom stereocenters. The van der Waals surface area contributed by atoms with Crippen LogP contribution in [0.1, 0.15) is 38.3 Å². The average molecular weight is 384 g/mol. The van der Waals surface area contributed by atoms with Crippen molar-refractivity contribution in [1.82, 2.24) is 0 Å². The summed E-state index contributed by atoms with van der Waals surface area (Å²) < 4.78 is 2.14. The van der Waals surface area contributed by atoms with Gasteiger partial charge in [0.2, 0.25) is 5.69 Å². The molecule has 2 aromatic carbocycles. The van der Waals surface area contributed by atoms with Crippen LogP contribution < -0.4 is 4.90 Å². The molecular formula is C25H27N4+. The number of rotatable bonds is 6. The molecule has 0 aliphatic carbocycles. The van der Waals surface area contributed by atoms with Gasteiger partial charge in [-0.25, -0.2) is 4.85 Å². The van der Waals surface area contributed by atoms with Crippen molar-refractivity contribution in [3.63, 3.8) is 0 Å². The number of nitrogens with zero attached hydrogens (tertiary/aromatic N) is 4. The zero-order valence-corrected chi connectivity index (χ0v) is 17.6. The lowest BCUT2D eigenvalue weighted by Crippen LogP contribution is -2.30. The Balaban J connectivity index is 1.96. The second kappa shape index (κ2) is 8.33. The minimum atomic E-state index is -0.433. The smallest absolute Gasteiger partial charge is 0.207 e. The highest BCUT2D eigenvalue weighted by atomic mass is 15.1. The molecule has 0 fully saturated rings. The molecule has 3 rings (SSSR count). The third-order valence-electron chi connectivity index (χ3n) is 5.88. The fourth-order valence-corrected chi connectivity index (χ4v) is 4.17. The van der Waals surface area contributed by atoms with Gasteiger partial charge >= 0.3 is 0 Å². The van der Waals surface area contributed by atoms with Gasteiger partial charge in [0.15, 0.2) is 11.4 Å². The Bertz CT molecular complexity index is 1040. The second-order valence-electron chi connectivity index (χ2n) is 7.52. The Kier molecular flexibility index (Phi) is 5.85. The number of anilines is 1. The van der Waals surface area contributed by atoms with Crippen LogP contribution >= 0.6 is 0 Å². The molecule has 1 unspecified atom stereocenters. The third-order valence-corrected chi connectivity index (χ3v) is 5.88. The summed E-state index contributed by atoms with van der Waals surface area (Å²) in [5.74, 6) is 0. The van der Waals surface area contributed by atoms with Crippen LogP contribution in [-0.4, -0.2) is 30.4 Å². The van der Waals surface area contributed by atoms with Gasteiger partial charge in [-0.15, -0.1) is 0 Å². The van der Waals surface area contributed by atoms with E-state index in [1.54, 1.807) is 0 Å². The SMILES string of the molecule is [C-]#[N+]c1ccc2c(c1)C(C)(CC#N)C(C=Cc1ccc(N(CC)CC)cc1)=[N+]2C. The summed E-state index contributed by atoms with van der Waals surface area (Å²) in [6, 6.07) is 16.7. The van der Waals surface area contributed by atoms with Crippen LogP contribution in [0.15, 0.2) is 48.5 Å². The standard InChI is InChI=1S/C25H27N4/c1-6-29(7-2)21-12-8-19(9-13-21)10-15-24-25(3,16-17-26)22-18-20(27-4)11-14-23(22)28(24)5/h8-15,18H,6-7,16H2,1-3,5H3/q+1. The Morgan fingerprint density at radius 2 is 1.83 bits per heavy atom. The van der Waals surface area contributed by atoms with E-state index in [-0.39, 0.29) is 0 Å². The van der Waals surface area contributed by atoms with E-state index in [0.717, 1.165) is 35.6 Å². The molecule has 4 heteroatoms. The molecule has 0 N–H and O–H groups in total. The molecule has 2 aromatic rings. The number of allylic oxidation sites excluding steroid dienone is 1. The van der Waals surface area contributed by atoms with Crippen molar-refractivity contribution in [2.75, 3.05) is 25.0 Å². The molecule has 0 aromatic heterocycles. The lowest BCUT2D eigenvalue weighted by Gasteiger charge is -2.21. The normalized spacial score (nSPS) is 17.9. The molecule has 0 amide bonds. The first-order chi connectivity index (χ1) is 14.0. The minimum absolute atomic E-state index is 0.367. The summed E-state index contributed by atoms with van der Waals surface area (Å²) in [6.45, 7) is 15.7. The molecular weight excluding hydrogens is 356 g/mol. The lowest BCUT2D eigenvalue weighted by atomic mass is 9.76. The van der Waals surface area contributed by atoms with E-state index in [1.165, 1.54) is 5.69 Å². The van der Waals surface area contributed by atoms with Crippen LogP contribution in [0.5, 0.6) is 0 Å². The second-order valence-corrected chi connectivity index (χ2v) is 7.52. The molecule has 0 bridgehead atoms. The van der Waals surface area contributed by atoms with Crippen LogP contribution in [0.25, 0.3) is 10.9 Å². The van der Waals surface area contributed by atoms with E-state index in [4.69, 9.17) is 6.57 Å². The predicted molar refractivity (Wildman–Crippen MR) is 120 cm³/mol. The van der Waals surface area contributed by atoms with Gasteiger partial charge in [0.25, 0.3) is 0 Å². The number of hydrogen-bond donors (Lipinski definition) is 0. The topological polar surface area (TPSA) is 34.4 Å². The first-order valence-electron chi connectivity index (χ1n) is 10.0. The third kappa shape index (κ3) is 3.67. The Morgan fingerprint density at radius 3 is 2.41 bits per heavy atom. The minimum Gasteiger partial charge on any atom is -0.372 e. The van der Waals surface area contributed by atoms with E-state index in [9.17, 15) is 5.26 Å². The van der Waals surface area contributed by atoms with Crippen molar-refractivity contribution in [2.24, 2.45) is 0 Å². The molecule has 4 nitrogen and oxygen atoms in total. The summed E-state index contributed by atoms with van der Waals surface area (Å²) in [5, 5.41) is 9.49. The predicted octanol–water partition coefficient (Wildman–Crippen LogP) is 5.70. The van der Waals surface area contributed by atoms with Crippen molar-refractivity contribution in [3.8, 4) is 6.07 Å². The molecule has 1 aliphatic rings. The zero-order chi connectivity index (χ0) is 21.0. The van der Waals surface area contributed by atoms with Gasteiger partial charge in [0, 0.05) is 30.4 Å². The van der Waals surface area contributed by atoms with Gasteiger partial charge in [0.05, 0.1) is 24.5 Å². The van der Waals surface area contributed by atoms with Crippen molar-refractivity contribution in [3.05, 3.63) is 71.1 Å². The van der Waals surface area contributed by atoms with Gasteiger partial charge in [-0.2, -0.15) is 9.84 Å². The summed E-state index contributed by atoms with van der Waals surface area (Å²) in [6.07, 6.45) is 4.59. The Morgan fingerprint density at radius 1 is 1.14 bits per heavy atom. The number of nitriles is 1. The van der Waals surface area contributed by atoms with Crippen molar-refractivity contribution in [1.29, 1.82) is 5.26 Å². The van der Waals surface area contributed by atoms with Gasteiger partial charge in [-0.3, -0.25) is 0 Å². The molecule has 0 saturated heterocycles. The lowest BCUT2D eigenvalue weighted by molar-refractivity contribution is -0.401. The van der Waals surface area contributed by atoms with Gasteiger partial charge in [0.1, 0.15) is 7.05 Å². The summed E-state index contributed by atoms with van der Waals surface area (Å²) in [7, 11) is 2.03. The van der Waals surface area contributed by atoms with Crippen LogP contribution in [0.3, 0.4) is 0 Å². The number of fused-ring (bicyclic) bond motifs is 1. The van der Waals surface area contributed by atoms with Crippen molar-refractivity contribution in [2.45, 2.75) is 32.6 Å². The summed E-state index contributed by atoms with van der Waals surface area (Å²) >= 11 is 0. The molecule has 0 saturated carbocycles. The highest BCUT2D eigenvalue weighted by molar-refractivity contribution is 6.06. The summed E-state index contributed by atoms with van der Waals surface area (Å²) in [4.78, 5) is 5.89. The van der Waals surface area contributed by atoms with Gasteiger partial charge in [-0.1, -0.05) is 12.1 Å². The van der Waals surface area contributed by atoms with Gasteiger partial charge < -0.3 is 4.90 Å². The monoisotopic (exact) mass is 383 g/mol. The van der Waals surface area contributed by atoms with Crippen molar-refractivity contribution < 1.29 is 4.58 Å². The Hall–Kier alpha value is -3.37. The zero-order valence-electron chi connectivity index (χ0n) is 17.6. The molecule has 29 heavy (non-hydrogen) atoms. The first-order valence-corrected chi connectivity index (χ1v) is 10.0. The van der Waals surface area contributed by atoms with E-state index in [1.807, 2.05) is 25.2 Å². The van der Waals surface area contributed by atoms with Crippen LogP contribution in [0.4, 0.5) is 17.1 Å². The van der Waals surface area contributed by atoms with Gasteiger partial charge in [-0.05, 0) is 62.7 Å². The number of benzene rings is 2. The van der Waals surface area contributed by atoms with Crippen LogP contribution in [0, 0.1) is 17.9 Å². The van der Waals surface area contributed by atoms with E-state index in [0.29, 0.717) is 12.1 Å². The van der Waals surface area contributed by atoms with Crippen LogP contribution in [-0.2, 0) is 5.41 Å². The fourth-order valence-electron chi connectivity index (χ4n) is 4.17. The first kappa shape index (κ1) is 20.4. The largest absolute Gasteiger partial charge is 0.372 e. The highest BCUT2D eigenvalue weighted by Crippen LogP contribution is 2.43. The molecule has 0 radical (unpaired) electrons. The van der Waals surface area contributed by atoms with Crippen molar-refractivity contribution >= 4 is 28.8 Å². The maximum Gasteiger partial charge on any atom is 0.207 e. The quantitative estimate of drug-likeness (QED) is 0.474. The highest BCUT2D eigenvalue weighted by Gasteiger charge is 2.46. The van der Waals surface area contributed by atoms with E-state index < -0.39 is 5.41 Å². The van der Waals surface area contributed by atoms with E-state index in [2.05, 4.69) is 77.6 Å². The molecule has 1 aliphatic heterocycles. The molecule has 146 valence electrons. The average Bonchev–Trinajstić information content (AvgIpc) is 2.95. The number of hydrogen-bond acceptors (Lipinski definition) is 2. The van der Waals surface area contributed by atoms with E-state index >= 15 is 0 Å².